The molecule has 0 aliphatic carbocycles. The lowest BCUT2D eigenvalue weighted by Crippen LogP contribution is -2.49. The molecule has 0 unspecified atom stereocenters. The summed E-state index contributed by atoms with van der Waals surface area (Å²) in [5, 5.41) is 5.44. The van der Waals surface area contributed by atoms with Crippen molar-refractivity contribution < 1.29 is 4.79 Å². The van der Waals surface area contributed by atoms with E-state index in [1.54, 1.807) is 23.1 Å². The third-order valence-corrected chi connectivity index (χ3v) is 8.54. The van der Waals surface area contributed by atoms with E-state index in [0.29, 0.717) is 6.04 Å². The lowest BCUT2D eigenvalue weighted by Gasteiger charge is -2.37. The number of piperazine rings is 1. The monoisotopic (exact) mass is 426 g/mol. The molecule has 2 aliphatic heterocycles. The fourth-order valence-corrected chi connectivity index (χ4v) is 6.70. The van der Waals surface area contributed by atoms with Gasteiger partial charge in [0.25, 0.3) is 5.91 Å². The van der Waals surface area contributed by atoms with Gasteiger partial charge in [0.15, 0.2) is 0 Å². The van der Waals surface area contributed by atoms with Crippen LogP contribution < -0.4 is 10.2 Å². The molecule has 1 amide bonds. The van der Waals surface area contributed by atoms with Gasteiger partial charge in [0.05, 0.1) is 5.52 Å². The van der Waals surface area contributed by atoms with Crippen molar-refractivity contribution in [2.45, 2.75) is 37.8 Å². The minimum absolute atomic E-state index is 0.0550. The van der Waals surface area contributed by atoms with E-state index >= 15 is 0 Å². The highest BCUT2D eigenvalue weighted by Crippen LogP contribution is 2.43. The molecule has 0 spiro atoms. The number of nitrogens with zero attached hydrogens (tertiary/aromatic N) is 3. The van der Waals surface area contributed by atoms with Gasteiger partial charge in [0.1, 0.15) is 10.7 Å². The van der Waals surface area contributed by atoms with E-state index in [1.807, 2.05) is 0 Å². The number of fused-ring (bicyclic) bond motifs is 5. The number of nitrogens with one attached hydrogen (secondary N) is 1. The predicted molar refractivity (Wildman–Crippen MR) is 124 cm³/mol. The molecule has 152 valence electrons. The first-order valence-electron chi connectivity index (χ1n) is 10.3. The summed E-state index contributed by atoms with van der Waals surface area (Å²) in [6.07, 6.45) is 0. The summed E-state index contributed by atoms with van der Waals surface area (Å²) in [7, 11) is 0. The SMILES string of the molecule is CC(C)N1CCN(c2ccc3c(ccc4sc5c(c43)SC[C@@H](C)NC5=O)n2)CC1. The molecule has 5 rings (SSSR count). The summed E-state index contributed by atoms with van der Waals surface area (Å²) >= 11 is 3.39. The summed E-state index contributed by atoms with van der Waals surface area (Å²) in [6, 6.07) is 9.37. The summed E-state index contributed by atoms with van der Waals surface area (Å²) in [5.41, 5.74) is 1.01. The fourth-order valence-electron chi connectivity index (χ4n) is 4.23. The smallest absolute Gasteiger partial charge is 0.262 e. The largest absolute Gasteiger partial charge is 0.354 e. The number of hydrogen-bond donors (Lipinski definition) is 1. The van der Waals surface area contributed by atoms with Crippen LogP contribution >= 0.6 is 23.1 Å². The maximum Gasteiger partial charge on any atom is 0.262 e. The van der Waals surface area contributed by atoms with Crippen molar-refractivity contribution in [1.82, 2.24) is 15.2 Å². The molecule has 7 heteroatoms. The van der Waals surface area contributed by atoms with Crippen LogP contribution in [0.2, 0.25) is 0 Å². The molecule has 0 saturated carbocycles. The van der Waals surface area contributed by atoms with Crippen LogP contribution in [0, 0.1) is 0 Å². The van der Waals surface area contributed by atoms with Gasteiger partial charge in [-0.15, -0.1) is 23.1 Å². The first-order chi connectivity index (χ1) is 14.0. The number of pyridine rings is 1. The Labute approximate surface area is 179 Å². The van der Waals surface area contributed by atoms with Gasteiger partial charge in [-0.2, -0.15) is 0 Å². The Bertz CT molecular complexity index is 1090. The molecule has 1 fully saturated rings. The second kappa shape index (κ2) is 7.45. The van der Waals surface area contributed by atoms with Crippen LogP contribution in [-0.2, 0) is 0 Å². The zero-order chi connectivity index (χ0) is 20.1. The van der Waals surface area contributed by atoms with E-state index < -0.39 is 0 Å². The van der Waals surface area contributed by atoms with Crippen molar-refractivity contribution in [3.63, 3.8) is 0 Å². The Morgan fingerprint density at radius 3 is 2.69 bits per heavy atom. The highest BCUT2D eigenvalue weighted by atomic mass is 32.2. The molecule has 1 aromatic carbocycles. The number of carbonyl (C=O) groups excluding carboxylic acids is 1. The molecule has 0 radical (unpaired) electrons. The van der Waals surface area contributed by atoms with Crippen molar-refractivity contribution in [1.29, 1.82) is 0 Å². The Morgan fingerprint density at radius 1 is 1.14 bits per heavy atom. The normalized spacial score (nSPS) is 20.9. The van der Waals surface area contributed by atoms with E-state index in [1.165, 1.54) is 10.1 Å². The summed E-state index contributed by atoms with van der Waals surface area (Å²) in [6.45, 7) is 10.8. The molecule has 3 aromatic rings. The Hall–Kier alpha value is -1.83. The van der Waals surface area contributed by atoms with Gasteiger partial charge in [0, 0.05) is 64.4 Å². The zero-order valence-corrected chi connectivity index (χ0v) is 18.7. The van der Waals surface area contributed by atoms with Gasteiger partial charge in [-0.1, -0.05) is 0 Å². The third-order valence-electron chi connectivity index (χ3n) is 5.89. The second-order valence-corrected chi connectivity index (χ2v) is 10.3. The maximum atomic E-state index is 12.6. The number of benzene rings is 1. The van der Waals surface area contributed by atoms with Crippen LogP contribution in [0.25, 0.3) is 21.0 Å². The van der Waals surface area contributed by atoms with Gasteiger partial charge in [-0.25, -0.2) is 4.98 Å². The first-order valence-corrected chi connectivity index (χ1v) is 12.1. The Kier molecular flexibility index (Phi) is 4.92. The van der Waals surface area contributed by atoms with Gasteiger partial charge in [-0.05, 0) is 45.0 Å². The predicted octanol–water partition coefficient (Wildman–Crippen LogP) is 4.20. The number of aromatic nitrogens is 1. The van der Waals surface area contributed by atoms with Crippen LogP contribution in [0.1, 0.15) is 30.4 Å². The lowest BCUT2D eigenvalue weighted by atomic mass is 10.1. The number of rotatable bonds is 2. The molecule has 5 nitrogen and oxygen atoms in total. The molecule has 29 heavy (non-hydrogen) atoms. The lowest BCUT2D eigenvalue weighted by molar-refractivity contribution is 0.0946. The van der Waals surface area contributed by atoms with Crippen molar-refractivity contribution in [3.05, 3.63) is 29.1 Å². The molecular formula is C22H26N4OS2. The highest BCUT2D eigenvalue weighted by molar-refractivity contribution is 7.99. The minimum Gasteiger partial charge on any atom is -0.354 e. The number of thioether (sulfide) groups is 1. The van der Waals surface area contributed by atoms with Gasteiger partial charge < -0.3 is 10.2 Å². The number of amides is 1. The van der Waals surface area contributed by atoms with Crippen molar-refractivity contribution >= 4 is 55.8 Å². The zero-order valence-electron chi connectivity index (χ0n) is 17.1. The molecule has 4 heterocycles. The summed E-state index contributed by atoms with van der Waals surface area (Å²) < 4.78 is 1.17. The molecule has 2 aromatic heterocycles. The van der Waals surface area contributed by atoms with Crippen LogP contribution in [-0.4, -0.2) is 59.8 Å². The fraction of sp³-hybridized carbons (Fsp3) is 0.455. The third kappa shape index (κ3) is 3.39. The average molecular weight is 427 g/mol. The number of anilines is 1. The Balaban J connectivity index is 1.53. The summed E-state index contributed by atoms with van der Waals surface area (Å²) in [4.78, 5) is 24.5. The van der Waals surface area contributed by atoms with E-state index in [0.717, 1.165) is 58.4 Å². The Morgan fingerprint density at radius 2 is 1.93 bits per heavy atom. The van der Waals surface area contributed by atoms with Crippen LogP contribution in [0.5, 0.6) is 0 Å². The van der Waals surface area contributed by atoms with Gasteiger partial charge >= 0.3 is 0 Å². The molecule has 1 saturated heterocycles. The van der Waals surface area contributed by atoms with E-state index in [-0.39, 0.29) is 11.9 Å². The molecular weight excluding hydrogens is 400 g/mol. The number of carbonyl (C=O) groups is 1. The highest BCUT2D eigenvalue weighted by Gasteiger charge is 2.26. The van der Waals surface area contributed by atoms with Crippen LogP contribution in [0.3, 0.4) is 0 Å². The number of thiophene rings is 1. The minimum atomic E-state index is 0.0550. The van der Waals surface area contributed by atoms with E-state index in [4.69, 9.17) is 4.98 Å². The molecule has 1 N–H and O–H groups in total. The average Bonchev–Trinajstić information content (AvgIpc) is 3.04. The van der Waals surface area contributed by atoms with Gasteiger partial charge in [0.2, 0.25) is 0 Å². The topological polar surface area (TPSA) is 48.5 Å². The second-order valence-electron chi connectivity index (χ2n) is 8.24. The van der Waals surface area contributed by atoms with Gasteiger partial charge in [-0.3, -0.25) is 9.69 Å². The molecule has 1 atom stereocenters. The van der Waals surface area contributed by atoms with Crippen LogP contribution in [0.4, 0.5) is 5.82 Å². The standard InChI is InChI=1S/C22H26N4OS2/c1-13(2)25-8-10-26(11-9-25)18-7-4-15-16(24-18)5-6-17-19(15)20-21(29-17)22(27)23-14(3)12-28-20/h4-7,13-14H,8-12H2,1-3H3,(H,23,27)/t14-/m1/s1. The molecule has 2 aliphatic rings. The van der Waals surface area contributed by atoms with Crippen molar-refractivity contribution in [2.75, 3.05) is 36.8 Å². The van der Waals surface area contributed by atoms with Crippen LogP contribution in [0.15, 0.2) is 29.2 Å². The van der Waals surface area contributed by atoms with Crippen molar-refractivity contribution in [2.24, 2.45) is 0 Å². The maximum absolute atomic E-state index is 12.6. The number of hydrogen-bond acceptors (Lipinski definition) is 6. The van der Waals surface area contributed by atoms with E-state index in [2.05, 4.69) is 60.2 Å². The van der Waals surface area contributed by atoms with E-state index in [9.17, 15) is 4.79 Å². The quantitative estimate of drug-likeness (QED) is 0.665. The van der Waals surface area contributed by atoms with Crippen molar-refractivity contribution in [3.8, 4) is 0 Å². The first kappa shape index (κ1) is 19.2. The summed E-state index contributed by atoms with van der Waals surface area (Å²) in [5.74, 6) is 2.01. The molecule has 0 bridgehead atoms.